The number of aryl methyl sites for hydroxylation is 1. The molecule has 0 amide bonds. The first-order valence-corrected chi connectivity index (χ1v) is 7.38. The number of likely N-dealkylation sites (N-methyl/N-ethyl adjacent to an activating group) is 1. The molecule has 114 valence electrons. The lowest BCUT2D eigenvalue weighted by molar-refractivity contribution is 0.172. The molecule has 1 saturated carbocycles. The third kappa shape index (κ3) is 2.42. The van der Waals surface area contributed by atoms with Gasteiger partial charge < -0.3 is 10.2 Å². The number of aromatic amines is 1. The summed E-state index contributed by atoms with van der Waals surface area (Å²) in [6.07, 6.45) is 4.96. The van der Waals surface area contributed by atoms with Crippen LogP contribution >= 0.6 is 0 Å². The van der Waals surface area contributed by atoms with Crippen LogP contribution in [-0.2, 0) is 0 Å². The summed E-state index contributed by atoms with van der Waals surface area (Å²) in [5.41, 5.74) is 0.551. The molecule has 0 aromatic carbocycles. The third-order valence-corrected chi connectivity index (χ3v) is 4.65. The molecule has 3 rings (SSSR count). The summed E-state index contributed by atoms with van der Waals surface area (Å²) < 4.78 is 1.47. The lowest BCUT2D eigenvalue weighted by Gasteiger charge is -2.36. The predicted octanol–water partition coefficient (Wildman–Crippen LogP) is 1.01. The molecule has 1 aliphatic carbocycles. The van der Waals surface area contributed by atoms with Crippen LogP contribution in [0.1, 0.15) is 31.5 Å². The SMILES string of the molecule is Cc1nc(NCC2(N(C)C)CCCC2)cc2n[nH]c(=O)n12. The number of aromatic nitrogens is 4. The van der Waals surface area contributed by atoms with Crippen LogP contribution in [0.4, 0.5) is 5.82 Å². The topological polar surface area (TPSA) is 78.3 Å². The number of nitrogens with one attached hydrogen (secondary N) is 2. The van der Waals surface area contributed by atoms with Crippen LogP contribution in [0.15, 0.2) is 10.9 Å². The molecule has 0 radical (unpaired) electrons. The van der Waals surface area contributed by atoms with E-state index in [2.05, 4.69) is 39.5 Å². The second-order valence-corrected chi connectivity index (χ2v) is 6.09. The maximum atomic E-state index is 11.6. The highest BCUT2D eigenvalue weighted by Crippen LogP contribution is 2.33. The number of rotatable bonds is 4. The van der Waals surface area contributed by atoms with E-state index in [0.717, 1.165) is 12.4 Å². The van der Waals surface area contributed by atoms with Gasteiger partial charge in [-0.05, 0) is 33.9 Å². The summed E-state index contributed by atoms with van der Waals surface area (Å²) in [4.78, 5) is 18.4. The monoisotopic (exact) mass is 290 g/mol. The van der Waals surface area contributed by atoms with Crippen LogP contribution in [0.25, 0.3) is 5.65 Å². The summed E-state index contributed by atoms with van der Waals surface area (Å²) in [6, 6.07) is 1.81. The van der Waals surface area contributed by atoms with Gasteiger partial charge in [-0.15, -0.1) is 0 Å². The summed E-state index contributed by atoms with van der Waals surface area (Å²) in [5.74, 6) is 1.41. The highest BCUT2D eigenvalue weighted by atomic mass is 16.1. The normalized spacial score (nSPS) is 17.7. The molecule has 0 aliphatic heterocycles. The van der Waals surface area contributed by atoms with Gasteiger partial charge in [0.15, 0.2) is 5.65 Å². The molecule has 2 N–H and O–H groups in total. The quantitative estimate of drug-likeness (QED) is 0.878. The Morgan fingerprint density at radius 3 is 2.81 bits per heavy atom. The standard InChI is InChI=1S/C14H22N6O/c1-10-16-11(8-12-17-18-13(21)20(10)12)15-9-14(19(2)3)6-4-5-7-14/h8,15H,4-7,9H2,1-3H3,(H,18,21). The van der Waals surface area contributed by atoms with Crippen molar-refractivity contribution in [3.8, 4) is 0 Å². The van der Waals surface area contributed by atoms with Gasteiger partial charge in [-0.2, -0.15) is 5.10 Å². The maximum absolute atomic E-state index is 11.6. The van der Waals surface area contributed by atoms with Gasteiger partial charge in [-0.3, -0.25) is 0 Å². The van der Waals surface area contributed by atoms with Crippen molar-refractivity contribution in [2.45, 2.75) is 38.1 Å². The minimum atomic E-state index is -0.248. The largest absolute Gasteiger partial charge is 0.368 e. The van der Waals surface area contributed by atoms with Gasteiger partial charge in [0, 0.05) is 18.2 Å². The summed E-state index contributed by atoms with van der Waals surface area (Å²) in [7, 11) is 4.28. The number of fused-ring (bicyclic) bond motifs is 1. The van der Waals surface area contributed by atoms with Crippen LogP contribution in [-0.4, -0.2) is 50.7 Å². The van der Waals surface area contributed by atoms with Crippen molar-refractivity contribution in [1.82, 2.24) is 24.5 Å². The second kappa shape index (κ2) is 5.14. The zero-order chi connectivity index (χ0) is 15.0. The van der Waals surface area contributed by atoms with Gasteiger partial charge in [0.25, 0.3) is 0 Å². The van der Waals surface area contributed by atoms with Crippen molar-refractivity contribution in [2.75, 3.05) is 26.0 Å². The first-order valence-electron chi connectivity index (χ1n) is 7.38. The minimum absolute atomic E-state index is 0.201. The molecule has 2 heterocycles. The Balaban J connectivity index is 1.83. The fourth-order valence-electron chi connectivity index (χ4n) is 3.26. The zero-order valence-electron chi connectivity index (χ0n) is 12.8. The lowest BCUT2D eigenvalue weighted by atomic mass is 9.96. The number of H-pyrrole nitrogens is 1. The summed E-state index contributed by atoms with van der Waals surface area (Å²) in [5, 5.41) is 9.88. The Labute approximate surface area is 123 Å². The molecule has 7 heteroatoms. The molecule has 2 aromatic heterocycles. The van der Waals surface area contributed by atoms with E-state index in [1.165, 1.54) is 30.1 Å². The van der Waals surface area contributed by atoms with E-state index in [4.69, 9.17) is 0 Å². The van der Waals surface area contributed by atoms with Crippen molar-refractivity contribution in [1.29, 1.82) is 0 Å². The van der Waals surface area contributed by atoms with Crippen molar-refractivity contribution in [3.63, 3.8) is 0 Å². The smallest absolute Gasteiger partial charge is 0.349 e. The number of hydrogen-bond donors (Lipinski definition) is 2. The molecule has 0 bridgehead atoms. The molecule has 21 heavy (non-hydrogen) atoms. The molecule has 2 aromatic rings. The van der Waals surface area contributed by atoms with Gasteiger partial charge in [0.1, 0.15) is 11.6 Å². The number of nitrogens with zero attached hydrogens (tertiary/aromatic N) is 4. The number of hydrogen-bond acceptors (Lipinski definition) is 5. The van der Waals surface area contributed by atoms with Crippen LogP contribution in [0.2, 0.25) is 0 Å². The molecule has 0 unspecified atom stereocenters. The van der Waals surface area contributed by atoms with Crippen LogP contribution in [0.3, 0.4) is 0 Å². The first-order chi connectivity index (χ1) is 10.0. The van der Waals surface area contributed by atoms with Crippen molar-refractivity contribution in [3.05, 3.63) is 22.4 Å². The van der Waals surface area contributed by atoms with E-state index < -0.39 is 0 Å². The van der Waals surface area contributed by atoms with Gasteiger partial charge in [0.05, 0.1) is 0 Å². The van der Waals surface area contributed by atoms with Gasteiger partial charge >= 0.3 is 5.69 Å². The van der Waals surface area contributed by atoms with Gasteiger partial charge in [0.2, 0.25) is 0 Å². The molecular weight excluding hydrogens is 268 g/mol. The Hall–Kier alpha value is -1.89. The number of anilines is 1. The van der Waals surface area contributed by atoms with E-state index in [-0.39, 0.29) is 11.2 Å². The molecular formula is C14H22N6O. The van der Waals surface area contributed by atoms with E-state index in [1.807, 2.05) is 13.0 Å². The van der Waals surface area contributed by atoms with E-state index in [9.17, 15) is 4.79 Å². The third-order valence-electron chi connectivity index (χ3n) is 4.65. The Bertz CT molecular complexity index is 695. The van der Waals surface area contributed by atoms with Crippen molar-refractivity contribution in [2.24, 2.45) is 0 Å². The maximum Gasteiger partial charge on any atom is 0.349 e. The van der Waals surface area contributed by atoms with E-state index in [1.54, 1.807) is 0 Å². The van der Waals surface area contributed by atoms with Crippen molar-refractivity contribution >= 4 is 11.5 Å². The van der Waals surface area contributed by atoms with Gasteiger partial charge in [-0.1, -0.05) is 12.8 Å². The lowest BCUT2D eigenvalue weighted by Crippen LogP contribution is -2.47. The Kier molecular flexibility index (Phi) is 3.44. The molecule has 0 atom stereocenters. The highest BCUT2D eigenvalue weighted by molar-refractivity contribution is 5.49. The Morgan fingerprint density at radius 2 is 2.14 bits per heavy atom. The molecule has 0 spiro atoms. The second-order valence-electron chi connectivity index (χ2n) is 6.09. The van der Waals surface area contributed by atoms with E-state index in [0.29, 0.717) is 11.5 Å². The zero-order valence-corrected chi connectivity index (χ0v) is 12.8. The molecule has 1 aliphatic rings. The van der Waals surface area contributed by atoms with Crippen LogP contribution < -0.4 is 11.0 Å². The summed E-state index contributed by atoms with van der Waals surface area (Å²) in [6.45, 7) is 2.67. The summed E-state index contributed by atoms with van der Waals surface area (Å²) >= 11 is 0. The average molecular weight is 290 g/mol. The molecule has 1 fully saturated rings. The average Bonchev–Trinajstić information content (AvgIpc) is 3.05. The van der Waals surface area contributed by atoms with Gasteiger partial charge in [-0.25, -0.2) is 19.3 Å². The minimum Gasteiger partial charge on any atom is -0.368 e. The first kappa shape index (κ1) is 14.1. The highest BCUT2D eigenvalue weighted by Gasteiger charge is 2.35. The molecule has 0 saturated heterocycles. The Morgan fingerprint density at radius 1 is 1.43 bits per heavy atom. The van der Waals surface area contributed by atoms with E-state index >= 15 is 0 Å². The molecule has 7 nitrogen and oxygen atoms in total. The van der Waals surface area contributed by atoms with Crippen molar-refractivity contribution < 1.29 is 0 Å². The fraction of sp³-hybridized carbons (Fsp3) is 0.643. The van der Waals surface area contributed by atoms with Crippen LogP contribution in [0, 0.1) is 6.92 Å². The predicted molar refractivity (Wildman–Crippen MR) is 81.7 cm³/mol. The van der Waals surface area contributed by atoms with Crippen LogP contribution in [0.5, 0.6) is 0 Å². The fourth-order valence-corrected chi connectivity index (χ4v) is 3.26.